The van der Waals surface area contributed by atoms with Crippen molar-refractivity contribution in [3.8, 4) is 5.75 Å². The molecule has 34 heavy (non-hydrogen) atoms. The Hall–Kier alpha value is -2.76. The van der Waals surface area contributed by atoms with Crippen molar-refractivity contribution in [1.82, 2.24) is 4.57 Å². The predicted molar refractivity (Wildman–Crippen MR) is 136 cm³/mol. The quantitative estimate of drug-likeness (QED) is 0.233. The molecule has 2 aromatic carbocycles. The molecule has 0 aliphatic rings. The molecule has 0 saturated carbocycles. The number of unbranched alkanes of at least 4 members (excludes halogenated alkanes) is 1. The Balaban J connectivity index is 1.78. The number of halogens is 2. The zero-order valence-corrected chi connectivity index (χ0v) is 21.0. The molecule has 1 heterocycles. The van der Waals surface area contributed by atoms with Gasteiger partial charge < -0.3 is 14.0 Å². The second-order valence-electron chi connectivity index (χ2n) is 7.99. The van der Waals surface area contributed by atoms with E-state index in [2.05, 4.69) is 6.92 Å². The van der Waals surface area contributed by atoms with E-state index in [9.17, 15) is 9.59 Å². The lowest BCUT2D eigenvalue weighted by molar-refractivity contribution is 0.0600. The lowest BCUT2D eigenvalue weighted by atomic mass is 10.1. The Labute approximate surface area is 210 Å². The Morgan fingerprint density at radius 3 is 2.41 bits per heavy atom. The summed E-state index contributed by atoms with van der Waals surface area (Å²) in [5.74, 6) is 0.478. The first kappa shape index (κ1) is 25.9. The number of aryl methyl sites for hydroxylation is 2. The second kappa shape index (κ2) is 12.6. The van der Waals surface area contributed by atoms with Crippen LogP contribution in [0.15, 0.2) is 59.4 Å². The Morgan fingerprint density at radius 2 is 1.71 bits per heavy atom. The molecule has 7 heteroatoms. The van der Waals surface area contributed by atoms with Crippen LogP contribution >= 0.6 is 23.2 Å². The van der Waals surface area contributed by atoms with Crippen LogP contribution in [0.4, 0.5) is 0 Å². The van der Waals surface area contributed by atoms with Gasteiger partial charge in [-0.2, -0.15) is 0 Å². The average Bonchev–Trinajstić information content (AvgIpc) is 2.85. The molecule has 0 saturated heterocycles. The zero-order chi connectivity index (χ0) is 24.5. The first-order chi connectivity index (χ1) is 16.4. The van der Waals surface area contributed by atoms with Crippen LogP contribution in [0.2, 0.25) is 10.0 Å². The van der Waals surface area contributed by atoms with Crippen LogP contribution in [-0.4, -0.2) is 24.3 Å². The lowest BCUT2D eigenvalue weighted by Gasteiger charge is -2.17. The van der Waals surface area contributed by atoms with E-state index in [1.807, 2.05) is 36.4 Å². The van der Waals surface area contributed by atoms with Gasteiger partial charge in [0.25, 0.3) is 5.56 Å². The fourth-order valence-electron chi connectivity index (χ4n) is 3.72. The molecular formula is C27H29Cl2NO4. The van der Waals surface area contributed by atoms with Crippen molar-refractivity contribution in [2.75, 3.05) is 13.7 Å². The molecule has 0 radical (unpaired) electrons. The number of para-hydroxylation sites is 1. The summed E-state index contributed by atoms with van der Waals surface area (Å²) in [5, 5.41) is 0.563. The normalized spacial score (nSPS) is 10.8. The SMILES string of the molecule is CCCCOc1ccccc1CCc1c(Cl)cc(Cl)c(=O)n1CCc1ccc(C(=O)OC)cc1. The molecule has 0 amide bonds. The third-order valence-electron chi connectivity index (χ3n) is 5.66. The van der Waals surface area contributed by atoms with Crippen molar-refractivity contribution in [3.05, 3.63) is 97.4 Å². The number of hydrogen-bond donors (Lipinski definition) is 0. The monoisotopic (exact) mass is 501 g/mol. The highest BCUT2D eigenvalue weighted by Gasteiger charge is 2.15. The van der Waals surface area contributed by atoms with Crippen LogP contribution in [0.3, 0.4) is 0 Å². The highest BCUT2D eigenvalue weighted by molar-refractivity contribution is 6.34. The average molecular weight is 502 g/mol. The van der Waals surface area contributed by atoms with E-state index in [0.717, 1.165) is 35.4 Å². The van der Waals surface area contributed by atoms with Crippen LogP contribution < -0.4 is 10.3 Å². The van der Waals surface area contributed by atoms with Gasteiger partial charge in [0.15, 0.2) is 0 Å². The summed E-state index contributed by atoms with van der Waals surface area (Å²) in [7, 11) is 1.35. The number of methoxy groups -OCH3 is 1. The van der Waals surface area contributed by atoms with Gasteiger partial charge in [0, 0.05) is 12.2 Å². The maximum atomic E-state index is 12.9. The molecule has 0 aliphatic carbocycles. The highest BCUT2D eigenvalue weighted by atomic mass is 35.5. The minimum absolute atomic E-state index is 0.0955. The van der Waals surface area contributed by atoms with Gasteiger partial charge in [-0.3, -0.25) is 4.79 Å². The topological polar surface area (TPSA) is 57.5 Å². The molecule has 1 aromatic heterocycles. The van der Waals surface area contributed by atoms with E-state index in [0.29, 0.717) is 43.0 Å². The molecule has 180 valence electrons. The molecule has 3 aromatic rings. The van der Waals surface area contributed by atoms with E-state index in [1.54, 1.807) is 16.7 Å². The Morgan fingerprint density at radius 1 is 0.971 bits per heavy atom. The third-order valence-corrected chi connectivity index (χ3v) is 6.26. The minimum Gasteiger partial charge on any atom is -0.493 e. The van der Waals surface area contributed by atoms with Crippen LogP contribution in [0, 0.1) is 0 Å². The van der Waals surface area contributed by atoms with Gasteiger partial charge in [-0.15, -0.1) is 0 Å². The van der Waals surface area contributed by atoms with Crippen LogP contribution in [0.25, 0.3) is 0 Å². The largest absolute Gasteiger partial charge is 0.493 e. The number of carbonyl (C=O) groups is 1. The number of hydrogen-bond acceptors (Lipinski definition) is 4. The van der Waals surface area contributed by atoms with Gasteiger partial charge >= 0.3 is 5.97 Å². The summed E-state index contributed by atoms with van der Waals surface area (Å²) >= 11 is 12.7. The molecule has 0 fully saturated rings. The van der Waals surface area contributed by atoms with E-state index < -0.39 is 0 Å². The van der Waals surface area contributed by atoms with E-state index in [-0.39, 0.29) is 16.6 Å². The number of nitrogens with zero attached hydrogens (tertiary/aromatic N) is 1. The molecule has 0 bridgehead atoms. The number of ether oxygens (including phenoxy) is 2. The zero-order valence-electron chi connectivity index (χ0n) is 19.5. The van der Waals surface area contributed by atoms with Gasteiger partial charge in [-0.25, -0.2) is 4.79 Å². The number of aromatic nitrogens is 1. The predicted octanol–water partition coefficient (Wildman–Crippen LogP) is 6.15. The van der Waals surface area contributed by atoms with Crippen molar-refractivity contribution in [1.29, 1.82) is 0 Å². The van der Waals surface area contributed by atoms with Gasteiger partial charge in [-0.05, 0) is 61.1 Å². The molecule has 0 N–H and O–H groups in total. The Kier molecular flexibility index (Phi) is 9.61. The summed E-state index contributed by atoms with van der Waals surface area (Å²) < 4.78 is 12.3. The summed E-state index contributed by atoms with van der Waals surface area (Å²) in [6.07, 6.45) is 3.90. The van der Waals surface area contributed by atoms with Crippen molar-refractivity contribution >= 4 is 29.2 Å². The molecule has 0 unspecified atom stereocenters. The van der Waals surface area contributed by atoms with Crippen LogP contribution in [-0.2, 0) is 30.5 Å². The number of carbonyl (C=O) groups excluding carboxylic acids is 1. The van der Waals surface area contributed by atoms with Crippen molar-refractivity contribution in [2.24, 2.45) is 0 Å². The smallest absolute Gasteiger partial charge is 0.337 e. The molecule has 5 nitrogen and oxygen atoms in total. The molecule has 3 rings (SSSR count). The van der Waals surface area contributed by atoms with Crippen molar-refractivity contribution < 1.29 is 14.3 Å². The molecule has 0 aliphatic heterocycles. The summed E-state index contributed by atoms with van der Waals surface area (Å²) in [6, 6.07) is 16.6. The third kappa shape index (κ3) is 6.64. The van der Waals surface area contributed by atoms with Gasteiger partial charge in [0.05, 0.1) is 24.3 Å². The van der Waals surface area contributed by atoms with E-state index >= 15 is 0 Å². The maximum Gasteiger partial charge on any atom is 0.337 e. The van der Waals surface area contributed by atoms with E-state index in [1.165, 1.54) is 13.2 Å². The van der Waals surface area contributed by atoms with Gasteiger partial charge in [0.2, 0.25) is 0 Å². The van der Waals surface area contributed by atoms with Gasteiger partial charge in [-0.1, -0.05) is 66.9 Å². The first-order valence-electron chi connectivity index (χ1n) is 11.4. The summed E-state index contributed by atoms with van der Waals surface area (Å²) in [6.45, 7) is 3.22. The summed E-state index contributed by atoms with van der Waals surface area (Å²) in [5.41, 5.74) is 3.01. The molecular weight excluding hydrogens is 473 g/mol. The number of benzene rings is 2. The summed E-state index contributed by atoms with van der Waals surface area (Å²) in [4.78, 5) is 24.5. The fraction of sp³-hybridized carbons (Fsp3) is 0.333. The van der Waals surface area contributed by atoms with Crippen molar-refractivity contribution in [3.63, 3.8) is 0 Å². The van der Waals surface area contributed by atoms with Crippen LogP contribution in [0.5, 0.6) is 5.75 Å². The standard InChI is InChI=1S/C27H29Cl2NO4/c1-3-4-17-34-25-8-6-5-7-20(25)13-14-24-22(28)18-23(29)26(31)30(24)16-15-19-9-11-21(12-10-19)27(32)33-2/h5-12,18H,3-4,13-17H2,1-2H3. The minimum atomic E-state index is -0.384. The molecule has 0 spiro atoms. The van der Waals surface area contributed by atoms with Gasteiger partial charge in [0.1, 0.15) is 10.8 Å². The number of pyridine rings is 1. The van der Waals surface area contributed by atoms with E-state index in [4.69, 9.17) is 32.7 Å². The fourth-order valence-corrected chi connectivity index (χ4v) is 4.30. The Bertz CT molecular complexity index is 1170. The lowest BCUT2D eigenvalue weighted by Crippen LogP contribution is -2.26. The molecule has 0 atom stereocenters. The second-order valence-corrected chi connectivity index (χ2v) is 8.81. The number of rotatable bonds is 11. The van der Waals surface area contributed by atoms with Crippen molar-refractivity contribution in [2.45, 2.75) is 45.6 Å². The highest BCUT2D eigenvalue weighted by Crippen LogP contribution is 2.24. The first-order valence-corrected chi connectivity index (χ1v) is 12.2. The number of esters is 1. The van der Waals surface area contributed by atoms with Crippen LogP contribution in [0.1, 0.15) is 46.9 Å². The maximum absolute atomic E-state index is 12.9.